The molecular weight excluding hydrogens is 386 g/mol. The van der Waals surface area contributed by atoms with Crippen molar-refractivity contribution >= 4 is 16.9 Å². The summed E-state index contributed by atoms with van der Waals surface area (Å²) in [6, 6.07) is 5.53. The number of aromatic nitrogens is 2. The minimum Gasteiger partial charge on any atom is -0.489 e. The van der Waals surface area contributed by atoms with E-state index in [9.17, 15) is 20.0 Å². The van der Waals surface area contributed by atoms with Crippen LogP contribution in [0.25, 0.3) is 11.0 Å². The van der Waals surface area contributed by atoms with Crippen LogP contribution in [0.15, 0.2) is 24.5 Å². The highest BCUT2D eigenvalue weighted by Crippen LogP contribution is 2.24. The first-order valence-corrected chi connectivity index (χ1v) is 8.98. The van der Waals surface area contributed by atoms with Crippen LogP contribution in [0, 0.1) is 10.1 Å². The molecule has 0 aliphatic heterocycles. The topological polar surface area (TPSA) is 141 Å². The SMILES string of the molecule is CC(=O)N(CCNCC(O)COc1cccc2ncn(C)c12)OCCO[N+](=O)[O-]. The average Bonchev–Trinajstić information content (AvgIpc) is 3.06. The van der Waals surface area contributed by atoms with E-state index >= 15 is 0 Å². The first-order chi connectivity index (χ1) is 13.9. The zero-order valence-electron chi connectivity index (χ0n) is 16.3. The van der Waals surface area contributed by atoms with E-state index in [4.69, 9.17) is 9.57 Å². The van der Waals surface area contributed by atoms with Gasteiger partial charge in [0, 0.05) is 27.1 Å². The number of fused-ring (bicyclic) bond motifs is 1. The second kappa shape index (κ2) is 11.1. The number of aliphatic hydroxyl groups is 1. The minimum atomic E-state index is -0.929. The summed E-state index contributed by atoms with van der Waals surface area (Å²) in [7, 11) is 1.87. The van der Waals surface area contributed by atoms with Gasteiger partial charge in [0.05, 0.1) is 25.0 Å². The predicted molar refractivity (Wildman–Crippen MR) is 101 cm³/mol. The van der Waals surface area contributed by atoms with E-state index in [2.05, 4.69) is 15.1 Å². The standard InChI is InChI=1S/C17H25N5O7/c1-13(23)21(28-8-9-29-22(25)26)7-6-18-10-14(24)11-27-16-5-3-4-15-17(16)20(2)12-19-15/h3-5,12,14,18,24H,6-11H2,1-2H3. The molecule has 2 N–H and O–H groups in total. The molecule has 1 amide bonds. The van der Waals surface area contributed by atoms with Crippen molar-refractivity contribution in [2.75, 3.05) is 39.5 Å². The number of hydrogen-bond acceptors (Lipinski definition) is 9. The minimum absolute atomic E-state index is 0.0858. The molecular formula is C17H25N5O7. The molecule has 2 aromatic rings. The fourth-order valence-corrected chi connectivity index (χ4v) is 2.56. The Hall–Kier alpha value is -2.96. The van der Waals surface area contributed by atoms with E-state index < -0.39 is 11.2 Å². The highest BCUT2D eigenvalue weighted by molar-refractivity contribution is 5.81. The van der Waals surface area contributed by atoms with Crippen molar-refractivity contribution < 1.29 is 29.4 Å². The first kappa shape index (κ1) is 22.3. The Morgan fingerprint density at radius 3 is 2.97 bits per heavy atom. The number of benzene rings is 1. The molecule has 160 valence electrons. The lowest BCUT2D eigenvalue weighted by molar-refractivity contribution is -0.758. The number of nitrogens with one attached hydrogen (secondary N) is 1. The molecule has 0 bridgehead atoms. The second-order valence-corrected chi connectivity index (χ2v) is 6.16. The first-order valence-electron chi connectivity index (χ1n) is 8.98. The number of aliphatic hydroxyl groups excluding tert-OH is 1. The van der Waals surface area contributed by atoms with Gasteiger partial charge in [0.15, 0.2) is 0 Å². The lowest BCUT2D eigenvalue weighted by atomic mass is 10.3. The second-order valence-electron chi connectivity index (χ2n) is 6.16. The van der Waals surface area contributed by atoms with Crippen LogP contribution >= 0.6 is 0 Å². The van der Waals surface area contributed by atoms with Gasteiger partial charge in [-0.25, -0.2) is 10.0 Å². The molecule has 0 radical (unpaired) electrons. The van der Waals surface area contributed by atoms with Crippen LogP contribution in [0.1, 0.15) is 6.92 Å². The van der Waals surface area contributed by atoms with Crippen molar-refractivity contribution in [3.8, 4) is 5.75 Å². The van der Waals surface area contributed by atoms with Crippen LogP contribution in [0.2, 0.25) is 0 Å². The summed E-state index contributed by atoms with van der Waals surface area (Å²) in [5, 5.41) is 23.3. The summed E-state index contributed by atoms with van der Waals surface area (Å²) in [6.45, 7) is 1.80. The maximum Gasteiger partial charge on any atom is 0.294 e. The zero-order chi connectivity index (χ0) is 21.2. The molecule has 0 saturated carbocycles. The van der Waals surface area contributed by atoms with Crippen molar-refractivity contribution in [2.45, 2.75) is 13.0 Å². The number of carbonyl (C=O) groups excluding carboxylic acids is 1. The molecule has 0 spiro atoms. The van der Waals surface area contributed by atoms with Crippen molar-refractivity contribution in [3.63, 3.8) is 0 Å². The quantitative estimate of drug-likeness (QED) is 0.262. The smallest absolute Gasteiger partial charge is 0.294 e. The number of para-hydroxylation sites is 1. The maximum absolute atomic E-state index is 11.5. The van der Waals surface area contributed by atoms with Crippen molar-refractivity contribution in [1.82, 2.24) is 19.9 Å². The van der Waals surface area contributed by atoms with Gasteiger partial charge in [-0.2, -0.15) is 0 Å². The molecule has 1 unspecified atom stereocenters. The van der Waals surface area contributed by atoms with E-state index in [1.807, 2.05) is 29.8 Å². The largest absolute Gasteiger partial charge is 0.489 e. The highest BCUT2D eigenvalue weighted by atomic mass is 17.0. The molecule has 1 aromatic heterocycles. The molecule has 12 heteroatoms. The van der Waals surface area contributed by atoms with Gasteiger partial charge < -0.3 is 24.6 Å². The van der Waals surface area contributed by atoms with Crippen molar-refractivity contribution in [1.29, 1.82) is 0 Å². The van der Waals surface area contributed by atoms with Crippen LogP contribution < -0.4 is 10.1 Å². The third-order valence-electron chi connectivity index (χ3n) is 3.88. The zero-order valence-corrected chi connectivity index (χ0v) is 16.3. The number of imidazole rings is 1. The normalized spacial score (nSPS) is 12.0. The molecule has 2 rings (SSSR count). The number of ether oxygens (including phenoxy) is 1. The van der Waals surface area contributed by atoms with E-state index in [1.54, 1.807) is 6.33 Å². The van der Waals surface area contributed by atoms with Gasteiger partial charge in [-0.1, -0.05) is 6.07 Å². The van der Waals surface area contributed by atoms with Crippen LogP contribution in [-0.2, 0) is 21.5 Å². The number of hydrogen-bond donors (Lipinski definition) is 2. The van der Waals surface area contributed by atoms with E-state index in [-0.39, 0.29) is 38.8 Å². The number of hydroxylamine groups is 2. The number of aryl methyl sites for hydroxylation is 1. The summed E-state index contributed by atoms with van der Waals surface area (Å²) >= 11 is 0. The van der Waals surface area contributed by atoms with Crippen LogP contribution in [0.5, 0.6) is 5.75 Å². The van der Waals surface area contributed by atoms with Gasteiger partial charge >= 0.3 is 0 Å². The Balaban J connectivity index is 1.67. The Labute approximate surface area is 167 Å². The Morgan fingerprint density at radius 2 is 2.24 bits per heavy atom. The van der Waals surface area contributed by atoms with Crippen molar-refractivity contribution in [3.05, 3.63) is 34.6 Å². The summed E-state index contributed by atoms with van der Waals surface area (Å²) < 4.78 is 7.56. The van der Waals surface area contributed by atoms with Gasteiger partial charge in [-0.3, -0.25) is 9.63 Å². The molecule has 1 atom stereocenters. The molecule has 29 heavy (non-hydrogen) atoms. The van der Waals surface area contributed by atoms with Gasteiger partial charge in [-0.15, -0.1) is 10.1 Å². The fraction of sp³-hybridized carbons (Fsp3) is 0.529. The summed E-state index contributed by atoms with van der Waals surface area (Å²) in [6.07, 6.45) is 0.931. The van der Waals surface area contributed by atoms with Crippen molar-refractivity contribution in [2.24, 2.45) is 7.05 Å². The molecule has 0 aliphatic rings. The van der Waals surface area contributed by atoms with Crippen LogP contribution in [0.4, 0.5) is 0 Å². The number of rotatable bonds is 13. The third kappa shape index (κ3) is 7.18. The van der Waals surface area contributed by atoms with Gasteiger partial charge in [0.1, 0.15) is 30.6 Å². The molecule has 0 saturated heterocycles. The van der Waals surface area contributed by atoms with E-state index in [0.29, 0.717) is 12.3 Å². The molecule has 0 fully saturated rings. The summed E-state index contributed by atoms with van der Waals surface area (Å²) in [5.41, 5.74) is 1.66. The fourth-order valence-electron chi connectivity index (χ4n) is 2.56. The van der Waals surface area contributed by atoms with Gasteiger partial charge in [0.25, 0.3) is 5.09 Å². The monoisotopic (exact) mass is 411 g/mol. The maximum atomic E-state index is 11.5. The molecule has 12 nitrogen and oxygen atoms in total. The summed E-state index contributed by atoms with van der Waals surface area (Å²) in [5.74, 6) is 0.288. The average molecular weight is 411 g/mol. The Morgan fingerprint density at radius 1 is 1.45 bits per heavy atom. The number of nitrogens with zero attached hydrogens (tertiary/aromatic N) is 4. The van der Waals surface area contributed by atoms with Crippen LogP contribution in [-0.4, -0.2) is 76.3 Å². The number of amides is 1. The Bertz CT molecular complexity index is 813. The third-order valence-corrected chi connectivity index (χ3v) is 3.88. The Kier molecular flexibility index (Phi) is 8.58. The van der Waals surface area contributed by atoms with E-state index in [0.717, 1.165) is 16.1 Å². The number of carbonyl (C=O) groups is 1. The van der Waals surface area contributed by atoms with Gasteiger partial charge in [-0.05, 0) is 12.1 Å². The molecule has 1 aromatic carbocycles. The van der Waals surface area contributed by atoms with Crippen LogP contribution in [0.3, 0.4) is 0 Å². The van der Waals surface area contributed by atoms with Gasteiger partial charge in [0.2, 0.25) is 5.91 Å². The highest BCUT2D eigenvalue weighted by Gasteiger charge is 2.12. The van der Waals surface area contributed by atoms with E-state index in [1.165, 1.54) is 6.92 Å². The predicted octanol–water partition coefficient (Wildman–Crippen LogP) is -0.109. The molecule has 0 aliphatic carbocycles. The summed E-state index contributed by atoms with van der Waals surface area (Å²) in [4.78, 5) is 35.1. The lowest BCUT2D eigenvalue weighted by Crippen LogP contribution is -2.39. The lowest BCUT2D eigenvalue weighted by Gasteiger charge is -2.21. The molecule has 1 heterocycles.